The SMILES string of the molecule is CCC(CSC(C)C)NC. The highest BCUT2D eigenvalue weighted by Gasteiger charge is 2.03. The van der Waals surface area contributed by atoms with E-state index >= 15 is 0 Å². The van der Waals surface area contributed by atoms with E-state index in [4.69, 9.17) is 0 Å². The van der Waals surface area contributed by atoms with Crippen molar-refractivity contribution in [1.29, 1.82) is 0 Å². The predicted octanol–water partition coefficient (Wildman–Crippen LogP) is 2.13. The lowest BCUT2D eigenvalue weighted by Gasteiger charge is -2.14. The van der Waals surface area contributed by atoms with E-state index in [1.807, 2.05) is 18.8 Å². The summed E-state index contributed by atoms with van der Waals surface area (Å²) in [5.41, 5.74) is 0. The molecule has 0 spiro atoms. The van der Waals surface area contributed by atoms with Crippen LogP contribution in [0.5, 0.6) is 0 Å². The van der Waals surface area contributed by atoms with Gasteiger partial charge in [-0.05, 0) is 18.7 Å². The lowest BCUT2D eigenvalue weighted by Crippen LogP contribution is -2.27. The van der Waals surface area contributed by atoms with Crippen LogP contribution in [0.15, 0.2) is 0 Å². The van der Waals surface area contributed by atoms with Crippen LogP contribution in [0.1, 0.15) is 27.2 Å². The molecule has 1 unspecified atom stereocenters. The van der Waals surface area contributed by atoms with Crippen molar-refractivity contribution in [3.63, 3.8) is 0 Å². The van der Waals surface area contributed by atoms with Crippen molar-refractivity contribution in [3.8, 4) is 0 Å². The topological polar surface area (TPSA) is 12.0 Å². The van der Waals surface area contributed by atoms with Crippen molar-refractivity contribution in [2.75, 3.05) is 12.8 Å². The zero-order chi connectivity index (χ0) is 7.98. The first-order valence-corrected chi connectivity index (χ1v) is 5.04. The summed E-state index contributed by atoms with van der Waals surface area (Å²) >= 11 is 2.03. The highest BCUT2D eigenvalue weighted by molar-refractivity contribution is 7.99. The van der Waals surface area contributed by atoms with Gasteiger partial charge in [0.15, 0.2) is 0 Å². The van der Waals surface area contributed by atoms with E-state index < -0.39 is 0 Å². The molecular weight excluding hydrogens is 142 g/mol. The fourth-order valence-corrected chi connectivity index (χ4v) is 1.73. The van der Waals surface area contributed by atoms with E-state index in [-0.39, 0.29) is 0 Å². The van der Waals surface area contributed by atoms with Crippen LogP contribution in [0.3, 0.4) is 0 Å². The third-order valence-corrected chi connectivity index (χ3v) is 2.79. The zero-order valence-electron chi connectivity index (χ0n) is 7.48. The normalized spacial score (nSPS) is 14.1. The van der Waals surface area contributed by atoms with Gasteiger partial charge in [0.05, 0.1) is 0 Å². The molecule has 1 atom stereocenters. The quantitative estimate of drug-likeness (QED) is 0.663. The largest absolute Gasteiger partial charge is 0.316 e. The molecule has 1 N–H and O–H groups in total. The second kappa shape index (κ2) is 6.05. The summed E-state index contributed by atoms with van der Waals surface area (Å²) in [7, 11) is 2.04. The zero-order valence-corrected chi connectivity index (χ0v) is 8.29. The van der Waals surface area contributed by atoms with Crippen molar-refractivity contribution in [1.82, 2.24) is 5.32 Å². The number of rotatable bonds is 5. The Bertz CT molecular complexity index is 69.7. The van der Waals surface area contributed by atoms with Gasteiger partial charge in [-0.15, -0.1) is 0 Å². The Morgan fingerprint density at radius 1 is 1.40 bits per heavy atom. The van der Waals surface area contributed by atoms with Gasteiger partial charge in [-0.25, -0.2) is 0 Å². The standard InChI is InChI=1S/C8H19NS/c1-5-8(9-4)6-10-7(2)3/h7-9H,5-6H2,1-4H3. The van der Waals surface area contributed by atoms with Crippen LogP contribution in [0.4, 0.5) is 0 Å². The third-order valence-electron chi connectivity index (χ3n) is 1.53. The summed E-state index contributed by atoms with van der Waals surface area (Å²) < 4.78 is 0. The summed E-state index contributed by atoms with van der Waals surface area (Å²) in [6.45, 7) is 6.71. The molecule has 0 aromatic rings. The summed E-state index contributed by atoms with van der Waals surface area (Å²) in [5, 5.41) is 4.05. The highest BCUT2D eigenvalue weighted by atomic mass is 32.2. The van der Waals surface area contributed by atoms with Crippen LogP contribution in [0.2, 0.25) is 0 Å². The van der Waals surface area contributed by atoms with E-state index in [1.54, 1.807) is 0 Å². The molecule has 0 aliphatic heterocycles. The van der Waals surface area contributed by atoms with Crippen LogP contribution in [0.25, 0.3) is 0 Å². The Kier molecular flexibility index (Phi) is 6.24. The third kappa shape index (κ3) is 5.12. The summed E-state index contributed by atoms with van der Waals surface area (Å²) in [5.74, 6) is 1.24. The average Bonchev–Trinajstić information content (AvgIpc) is 1.90. The minimum atomic E-state index is 0.701. The van der Waals surface area contributed by atoms with Crippen molar-refractivity contribution < 1.29 is 0 Å². The molecule has 0 fully saturated rings. The van der Waals surface area contributed by atoms with E-state index in [1.165, 1.54) is 12.2 Å². The van der Waals surface area contributed by atoms with Crippen molar-refractivity contribution in [2.24, 2.45) is 0 Å². The molecule has 0 amide bonds. The van der Waals surface area contributed by atoms with Gasteiger partial charge in [-0.2, -0.15) is 11.8 Å². The molecule has 2 heteroatoms. The molecule has 0 saturated carbocycles. The van der Waals surface area contributed by atoms with Gasteiger partial charge >= 0.3 is 0 Å². The molecule has 0 bridgehead atoms. The Labute approximate surface area is 69.0 Å². The Morgan fingerprint density at radius 3 is 2.30 bits per heavy atom. The molecular formula is C8H19NS. The fourth-order valence-electron chi connectivity index (χ4n) is 0.714. The second-order valence-corrected chi connectivity index (χ2v) is 4.39. The first-order chi connectivity index (χ1) is 4.70. The van der Waals surface area contributed by atoms with Crippen molar-refractivity contribution in [3.05, 3.63) is 0 Å². The van der Waals surface area contributed by atoms with Gasteiger partial charge in [-0.3, -0.25) is 0 Å². The molecule has 0 heterocycles. The number of nitrogens with one attached hydrogen (secondary N) is 1. The molecule has 0 aliphatic rings. The molecule has 0 aliphatic carbocycles. The lowest BCUT2D eigenvalue weighted by molar-refractivity contribution is 0.601. The fraction of sp³-hybridized carbons (Fsp3) is 1.00. The minimum Gasteiger partial charge on any atom is -0.316 e. The monoisotopic (exact) mass is 161 g/mol. The second-order valence-electron chi connectivity index (χ2n) is 2.78. The van der Waals surface area contributed by atoms with Gasteiger partial charge in [0.2, 0.25) is 0 Å². The van der Waals surface area contributed by atoms with Gasteiger partial charge in [0.25, 0.3) is 0 Å². The highest BCUT2D eigenvalue weighted by Crippen LogP contribution is 2.11. The predicted molar refractivity (Wildman–Crippen MR) is 50.7 cm³/mol. The maximum absolute atomic E-state index is 3.29. The molecule has 0 radical (unpaired) electrons. The maximum Gasteiger partial charge on any atom is 0.0152 e. The first-order valence-electron chi connectivity index (χ1n) is 3.99. The Morgan fingerprint density at radius 2 is 2.00 bits per heavy atom. The van der Waals surface area contributed by atoms with Crippen LogP contribution < -0.4 is 5.32 Å². The van der Waals surface area contributed by atoms with E-state index in [0.29, 0.717) is 6.04 Å². The molecule has 0 aromatic carbocycles. The molecule has 1 nitrogen and oxygen atoms in total. The molecule has 0 saturated heterocycles. The van der Waals surface area contributed by atoms with Crippen LogP contribution in [0, 0.1) is 0 Å². The van der Waals surface area contributed by atoms with Crippen LogP contribution >= 0.6 is 11.8 Å². The summed E-state index contributed by atoms with van der Waals surface area (Å²) in [6, 6.07) is 0.701. The maximum atomic E-state index is 3.29. The van der Waals surface area contributed by atoms with E-state index in [9.17, 15) is 0 Å². The molecule has 62 valence electrons. The van der Waals surface area contributed by atoms with Crippen LogP contribution in [-0.2, 0) is 0 Å². The van der Waals surface area contributed by atoms with Gasteiger partial charge in [0, 0.05) is 11.8 Å². The minimum absolute atomic E-state index is 0.701. The number of hydrogen-bond acceptors (Lipinski definition) is 2. The van der Waals surface area contributed by atoms with E-state index in [2.05, 4.69) is 26.1 Å². The number of thioether (sulfide) groups is 1. The average molecular weight is 161 g/mol. The lowest BCUT2D eigenvalue weighted by atomic mass is 10.3. The Hall–Kier alpha value is 0.310. The van der Waals surface area contributed by atoms with Crippen molar-refractivity contribution >= 4 is 11.8 Å². The van der Waals surface area contributed by atoms with Gasteiger partial charge in [-0.1, -0.05) is 20.8 Å². The molecule has 0 aromatic heterocycles. The number of hydrogen-bond donors (Lipinski definition) is 1. The Balaban J connectivity index is 3.26. The first kappa shape index (κ1) is 10.3. The van der Waals surface area contributed by atoms with Crippen molar-refractivity contribution in [2.45, 2.75) is 38.5 Å². The van der Waals surface area contributed by atoms with Gasteiger partial charge < -0.3 is 5.32 Å². The van der Waals surface area contributed by atoms with E-state index in [0.717, 1.165) is 5.25 Å². The van der Waals surface area contributed by atoms with Gasteiger partial charge in [0.1, 0.15) is 0 Å². The molecule has 0 rings (SSSR count). The summed E-state index contributed by atoms with van der Waals surface area (Å²) in [6.07, 6.45) is 1.23. The smallest absolute Gasteiger partial charge is 0.0152 e. The molecule has 10 heavy (non-hydrogen) atoms. The summed E-state index contributed by atoms with van der Waals surface area (Å²) in [4.78, 5) is 0. The van der Waals surface area contributed by atoms with Crippen LogP contribution in [-0.4, -0.2) is 24.1 Å².